The van der Waals surface area contributed by atoms with Gasteiger partial charge in [0.25, 0.3) is 0 Å². The number of pyridine rings is 1. The summed E-state index contributed by atoms with van der Waals surface area (Å²) in [4.78, 5) is 10.9. The average Bonchev–Trinajstić information content (AvgIpc) is 2.99. The molecule has 0 radical (unpaired) electrons. The van der Waals surface area contributed by atoms with Crippen molar-refractivity contribution in [2.24, 2.45) is 4.99 Å². The molecule has 0 amide bonds. The Labute approximate surface area is 117 Å². The summed E-state index contributed by atoms with van der Waals surface area (Å²) in [6, 6.07) is 13.8. The lowest BCUT2D eigenvalue weighted by Gasteiger charge is -2.42. The second kappa shape index (κ2) is 4.15. The van der Waals surface area contributed by atoms with E-state index in [1.165, 1.54) is 0 Å². The van der Waals surface area contributed by atoms with E-state index in [0.29, 0.717) is 12.1 Å². The molecule has 2 aliphatic rings. The Hall–Kier alpha value is -2.20. The average molecular weight is 265 g/mol. The summed E-state index contributed by atoms with van der Waals surface area (Å²) >= 11 is 0. The van der Waals surface area contributed by atoms with Crippen LogP contribution in [0.25, 0.3) is 0 Å². The molecule has 4 heteroatoms. The van der Waals surface area contributed by atoms with Crippen LogP contribution in [0.1, 0.15) is 16.8 Å². The van der Waals surface area contributed by atoms with Crippen molar-refractivity contribution in [3.05, 3.63) is 65.5 Å². The van der Waals surface area contributed by atoms with Crippen molar-refractivity contribution in [1.29, 1.82) is 0 Å². The van der Waals surface area contributed by atoms with Crippen molar-refractivity contribution < 1.29 is 5.11 Å². The fourth-order valence-corrected chi connectivity index (χ4v) is 3.12. The zero-order valence-corrected chi connectivity index (χ0v) is 11.0. The molecule has 100 valence electrons. The topological polar surface area (TPSA) is 48.7 Å². The molecule has 4 rings (SSSR count). The zero-order chi connectivity index (χ0) is 13.6. The van der Waals surface area contributed by atoms with Crippen molar-refractivity contribution in [1.82, 2.24) is 9.88 Å². The lowest BCUT2D eigenvalue weighted by Crippen LogP contribution is -2.53. The molecular formula is C16H15N3O. The van der Waals surface area contributed by atoms with Crippen LogP contribution in [0.15, 0.2) is 53.7 Å². The van der Waals surface area contributed by atoms with E-state index in [9.17, 15) is 5.11 Å². The number of benzene rings is 1. The highest BCUT2D eigenvalue weighted by molar-refractivity contribution is 6.02. The van der Waals surface area contributed by atoms with Crippen LogP contribution < -0.4 is 0 Å². The summed E-state index contributed by atoms with van der Waals surface area (Å²) in [5.74, 6) is 0.889. The van der Waals surface area contributed by atoms with Crippen LogP contribution in [0, 0.1) is 0 Å². The monoisotopic (exact) mass is 265 g/mol. The first-order valence-electron chi connectivity index (χ1n) is 6.83. The van der Waals surface area contributed by atoms with Gasteiger partial charge in [-0.2, -0.15) is 0 Å². The quantitative estimate of drug-likeness (QED) is 0.851. The Bertz CT molecular complexity index is 683. The van der Waals surface area contributed by atoms with Crippen molar-refractivity contribution >= 4 is 5.84 Å². The van der Waals surface area contributed by atoms with Crippen LogP contribution in [0.2, 0.25) is 0 Å². The Kier molecular flexibility index (Phi) is 2.41. The minimum absolute atomic E-state index is 0.541. The van der Waals surface area contributed by atoms with Gasteiger partial charge in [-0.05, 0) is 17.7 Å². The first kappa shape index (κ1) is 11.6. The minimum Gasteiger partial charge on any atom is -0.365 e. The highest BCUT2D eigenvalue weighted by atomic mass is 16.3. The van der Waals surface area contributed by atoms with Gasteiger partial charge in [0.2, 0.25) is 0 Å². The predicted octanol–water partition coefficient (Wildman–Crippen LogP) is 1.55. The number of aliphatic imine (C=N–C) groups is 1. The standard InChI is InChI=1S/C16H15N3O/c20-16(14-7-3-4-8-17-14)11-12-5-1-2-6-13(12)15-18-9-10-19(15)16/h1-8,20H,9-11H2. The Morgan fingerprint density at radius 3 is 2.80 bits per heavy atom. The largest absolute Gasteiger partial charge is 0.365 e. The van der Waals surface area contributed by atoms with Crippen LogP contribution in [-0.2, 0) is 12.1 Å². The van der Waals surface area contributed by atoms with Crippen LogP contribution in [0.5, 0.6) is 0 Å². The lowest BCUT2D eigenvalue weighted by molar-refractivity contribution is -0.0781. The van der Waals surface area contributed by atoms with E-state index in [1.807, 2.05) is 35.2 Å². The second-order valence-electron chi connectivity index (χ2n) is 5.22. The van der Waals surface area contributed by atoms with E-state index in [4.69, 9.17) is 0 Å². The highest BCUT2D eigenvalue weighted by Crippen LogP contribution is 2.37. The first-order valence-corrected chi connectivity index (χ1v) is 6.83. The second-order valence-corrected chi connectivity index (χ2v) is 5.22. The summed E-state index contributed by atoms with van der Waals surface area (Å²) in [5.41, 5.74) is 1.84. The number of fused-ring (bicyclic) bond motifs is 3. The van der Waals surface area contributed by atoms with Crippen LogP contribution in [0.3, 0.4) is 0 Å². The highest BCUT2D eigenvalue weighted by Gasteiger charge is 2.45. The molecule has 20 heavy (non-hydrogen) atoms. The predicted molar refractivity (Wildman–Crippen MR) is 76.4 cm³/mol. The van der Waals surface area contributed by atoms with E-state index in [0.717, 1.165) is 30.1 Å². The molecule has 1 unspecified atom stereocenters. The third-order valence-corrected chi connectivity index (χ3v) is 4.06. The number of nitrogens with zero attached hydrogens (tertiary/aromatic N) is 3. The maximum atomic E-state index is 11.2. The molecule has 4 nitrogen and oxygen atoms in total. The third kappa shape index (κ3) is 1.51. The van der Waals surface area contributed by atoms with E-state index >= 15 is 0 Å². The number of hydrogen-bond donors (Lipinski definition) is 1. The van der Waals surface area contributed by atoms with Gasteiger partial charge in [-0.3, -0.25) is 9.98 Å². The summed E-state index contributed by atoms with van der Waals surface area (Å²) in [7, 11) is 0. The molecule has 1 atom stereocenters. The normalized spacial score (nSPS) is 24.1. The first-order chi connectivity index (χ1) is 9.79. The SMILES string of the molecule is OC1(c2ccccn2)Cc2ccccc2C2=NCCN21. The fourth-order valence-electron chi connectivity index (χ4n) is 3.12. The van der Waals surface area contributed by atoms with Crippen LogP contribution in [-0.4, -0.2) is 33.9 Å². The number of aliphatic hydroxyl groups is 1. The summed E-state index contributed by atoms with van der Waals surface area (Å²) in [6.45, 7) is 1.45. The van der Waals surface area contributed by atoms with Crippen molar-refractivity contribution in [2.75, 3.05) is 13.1 Å². The van der Waals surface area contributed by atoms with Gasteiger partial charge >= 0.3 is 0 Å². The summed E-state index contributed by atoms with van der Waals surface area (Å²) < 4.78 is 0. The Morgan fingerprint density at radius 2 is 1.95 bits per heavy atom. The van der Waals surface area contributed by atoms with Gasteiger partial charge in [0.1, 0.15) is 5.84 Å². The van der Waals surface area contributed by atoms with E-state index < -0.39 is 5.72 Å². The van der Waals surface area contributed by atoms with Gasteiger partial charge < -0.3 is 10.0 Å². The van der Waals surface area contributed by atoms with Gasteiger partial charge in [-0.15, -0.1) is 0 Å². The molecule has 3 heterocycles. The maximum absolute atomic E-state index is 11.2. The van der Waals surface area contributed by atoms with Crippen molar-refractivity contribution in [3.63, 3.8) is 0 Å². The molecule has 1 aromatic carbocycles. The molecular weight excluding hydrogens is 250 g/mol. The molecule has 0 aliphatic carbocycles. The molecule has 0 spiro atoms. The lowest BCUT2D eigenvalue weighted by atomic mass is 9.88. The number of rotatable bonds is 1. The van der Waals surface area contributed by atoms with Crippen LogP contribution in [0.4, 0.5) is 0 Å². The Morgan fingerprint density at radius 1 is 1.10 bits per heavy atom. The smallest absolute Gasteiger partial charge is 0.187 e. The third-order valence-electron chi connectivity index (χ3n) is 4.06. The van der Waals surface area contributed by atoms with Gasteiger partial charge in [-0.1, -0.05) is 30.3 Å². The summed E-state index contributed by atoms with van der Waals surface area (Å²) in [5, 5.41) is 11.2. The van der Waals surface area contributed by atoms with Crippen LogP contribution >= 0.6 is 0 Å². The maximum Gasteiger partial charge on any atom is 0.187 e. The molecule has 0 saturated carbocycles. The number of aromatic nitrogens is 1. The molecule has 0 bridgehead atoms. The minimum atomic E-state index is -1.09. The van der Waals surface area contributed by atoms with E-state index in [2.05, 4.69) is 22.1 Å². The molecule has 2 aliphatic heterocycles. The van der Waals surface area contributed by atoms with Crippen molar-refractivity contribution in [2.45, 2.75) is 12.1 Å². The van der Waals surface area contributed by atoms with Gasteiger partial charge in [0, 0.05) is 24.7 Å². The molecule has 1 aromatic heterocycles. The van der Waals surface area contributed by atoms with Gasteiger partial charge in [-0.25, -0.2) is 0 Å². The number of amidine groups is 1. The van der Waals surface area contributed by atoms with E-state index in [-0.39, 0.29) is 0 Å². The molecule has 2 aromatic rings. The van der Waals surface area contributed by atoms with Gasteiger partial charge in [0.05, 0.1) is 12.2 Å². The Balaban J connectivity index is 1.90. The van der Waals surface area contributed by atoms with Crippen molar-refractivity contribution in [3.8, 4) is 0 Å². The van der Waals surface area contributed by atoms with E-state index in [1.54, 1.807) is 6.20 Å². The number of hydrogen-bond acceptors (Lipinski definition) is 4. The zero-order valence-electron chi connectivity index (χ0n) is 11.0. The molecule has 0 fully saturated rings. The molecule has 0 saturated heterocycles. The fraction of sp³-hybridized carbons (Fsp3) is 0.250. The molecule has 1 N–H and O–H groups in total. The van der Waals surface area contributed by atoms with Gasteiger partial charge in [0.15, 0.2) is 5.72 Å². The summed E-state index contributed by atoms with van der Waals surface area (Å²) in [6.07, 6.45) is 2.26.